The van der Waals surface area contributed by atoms with Crippen LogP contribution in [0.2, 0.25) is 0 Å². The summed E-state index contributed by atoms with van der Waals surface area (Å²) >= 11 is 1.53. The van der Waals surface area contributed by atoms with E-state index in [4.69, 9.17) is 0 Å². The smallest absolute Gasteiger partial charge is 0.257 e. The molecule has 0 atom stereocenters. The molecule has 32 heavy (non-hydrogen) atoms. The minimum Gasteiger partial charge on any atom is -0.298 e. The number of hydrogen-bond donors (Lipinski definition) is 1. The molecule has 0 unspecified atom stereocenters. The topological polar surface area (TPSA) is 79.4 Å². The van der Waals surface area contributed by atoms with Crippen molar-refractivity contribution in [3.05, 3.63) is 76.3 Å². The average molecular weight is 470 g/mol. The lowest BCUT2D eigenvalue weighted by molar-refractivity contribution is 0.102. The summed E-state index contributed by atoms with van der Waals surface area (Å²) in [6, 6.07) is 15.4. The van der Waals surface area contributed by atoms with Crippen molar-refractivity contribution in [3.8, 4) is 0 Å². The molecule has 0 saturated carbocycles. The van der Waals surface area contributed by atoms with Crippen molar-refractivity contribution in [2.45, 2.75) is 57.0 Å². The molecular formula is C24H27N3O3S2. The summed E-state index contributed by atoms with van der Waals surface area (Å²) in [4.78, 5) is 18.6. The zero-order chi connectivity index (χ0) is 22.7. The fourth-order valence-electron chi connectivity index (χ4n) is 3.80. The number of carbonyl (C=O) groups is 1. The lowest BCUT2D eigenvalue weighted by atomic mass is 10.0. The van der Waals surface area contributed by atoms with E-state index in [9.17, 15) is 13.2 Å². The molecule has 2 aromatic carbocycles. The van der Waals surface area contributed by atoms with Crippen molar-refractivity contribution in [2.75, 3.05) is 5.32 Å². The van der Waals surface area contributed by atoms with Crippen molar-refractivity contribution in [2.24, 2.45) is 0 Å². The molecule has 1 aromatic heterocycles. The van der Waals surface area contributed by atoms with Crippen LogP contribution in [0.25, 0.3) is 0 Å². The fourth-order valence-corrected chi connectivity index (χ4v) is 6.47. The Morgan fingerprint density at radius 3 is 2.41 bits per heavy atom. The Kier molecular flexibility index (Phi) is 6.74. The molecule has 8 heteroatoms. The van der Waals surface area contributed by atoms with E-state index >= 15 is 0 Å². The van der Waals surface area contributed by atoms with Crippen molar-refractivity contribution in [1.29, 1.82) is 0 Å². The summed E-state index contributed by atoms with van der Waals surface area (Å²) < 4.78 is 28.0. The van der Waals surface area contributed by atoms with Crippen molar-refractivity contribution in [1.82, 2.24) is 9.29 Å². The van der Waals surface area contributed by atoms with Gasteiger partial charge < -0.3 is 0 Å². The van der Waals surface area contributed by atoms with Crippen LogP contribution >= 0.6 is 11.3 Å². The zero-order valence-corrected chi connectivity index (χ0v) is 19.9. The van der Waals surface area contributed by atoms with Crippen LogP contribution in [0.1, 0.15) is 53.2 Å². The third-order valence-electron chi connectivity index (χ3n) is 5.55. The number of amides is 1. The van der Waals surface area contributed by atoms with Crippen molar-refractivity contribution >= 4 is 32.4 Å². The van der Waals surface area contributed by atoms with E-state index in [-0.39, 0.29) is 23.4 Å². The van der Waals surface area contributed by atoms with Crippen LogP contribution in [0.15, 0.2) is 59.5 Å². The van der Waals surface area contributed by atoms with Crippen LogP contribution in [0.3, 0.4) is 0 Å². The number of nitrogens with zero attached hydrogens (tertiary/aromatic N) is 2. The number of fused-ring (bicyclic) bond motifs is 1. The third kappa shape index (κ3) is 4.92. The van der Waals surface area contributed by atoms with Crippen molar-refractivity contribution < 1.29 is 13.2 Å². The van der Waals surface area contributed by atoms with E-state index in [0.29, 0.717) is 10.7 Å². The first kappa shape index (κ1) is 22.6. The van der Waals surface area contributed by atoms with Gasteiger partial charge in [0.25, 0.3) is 5.91 Å². The number of sulfonamides is 1. The summed E-state index contributed by atoms with van der Waals surface area (Å²) in [7, 11) is -3.71. The Bertz CT molecular complexity index is 1160. The molecule has 4 rings (SSSR count). The predicted octanol–water partition coefficient (Wildman–Crippen LogP) is 4.87. The lowest BCUT2D eigenvalue weighted by Crippen LogP contribution is -2.36. The van der Waals surface area contributed by atoms with Gasteiger partial charge >= 0.3 is 0 Å². The lowest BCUT2D eigenvalue weighted by Gasteiger charge is -2.26. The molecule has 0 fully saturated rings. The third-order valence-corrected chi connectivity index (χ3v) is 8.66. The van der Waals surface area contributed by atoms with E-state index in [0.717, 1.165) is 36.9 Å². The van der Waals surface area contributed by atoms with Gasteiger partial charge in [0.2, 0.25) is 10.0 Å². The van der Waals surface area contributed by atoms with E-state index in [1.807, 2.05) is 44.2 Å². The van der Waals surface area contributed by atoms with E-state index in [1.54, 1.807) is 12.1 Å². The first-order valence-electron chi connectivity index (χ1n) is 10.8. The largest absolute Gasteiger partial charge is 0.298 e. The molecule has 0 bridgehead atoms. The van der Waals surface area contributed by atoms with E-state index < -0.39 is 10.0 Å². The monoisotopic (exact) mass is 469 g/mol. The van der Waals surface area contributed by atoms with Crippen LogP contribution in [0.4, 0.5) is 5.13 Å². The SMILES string of the molecule is CC(C)N(Cc1ccccc1)S(=O)(=O)c1ccc(C(=O)Nc2nc3c(s2)CCCC3)cc1. The Hall–Kier alpha value is -2.55. The first-order valence-corrected chi connectivity index (χ1v) is 13.1. The summed E-state index contributed by atoms with van der Waals surface area (Å²) in [6.45, 7) is 4.00. The molecule has 1 aliphatic rings. The number of benzene rings is 2. The Morgan fingerprint density at radius 1 is 1.06 bits per heavy atom. The number of rotatable bonds is 7. The number of thiazole rings is 1. The highest BCUT2D eigenvalue weighted by atomic mass is 32.2. The number of hydrogen-bond acceptors (Lipinski definition) is 5. The van der Waals surface area contributed by atoms with E-state index in [1.165, 1.54) is 32.7 Å². The molecule has 1 amide bonds. The molecule has 0 spiro atoms. The highest BCUT2D eigenvalue weighted by molar-refractivity contribution is 7.89. The maximum absolute atomic E-state index is 13.3. The number of anilines is 1. The summed E-state index contributed by atoms with van der Waals surface area (Å²) in [5, 5.41) is 3.46. The van der Waals surface area contributed by atoms with Gasteiger partial charge in [0.05, 0.1) is 10.6 Å². The molecule has 3 aromatic rings. The van der Waals surface area contributed by atoms with Gasteiger partial charge in [-0.3, -0.25) is 10.1 Å². The van der Waals surface area contributed by atoms with Gasteiger partial charge in [-0.1, -0.05) is 30.3 Å². The van der Waals surface area contributed by atoms with Gasteiger partial charge in [-0.2, -0.15) is 4.31 Å². The summed E-state index contributed by atoms with van der Waals surface area (Å²) in [5.41, 5.74) is 2.41. The maximum Gasteiger partial charge on any atom is 0.257 e. The minimum atomic E-state index is -3.71. The van der Waals surface area contributed by atoms with Gasteiger partial charge in [-0.05, 0) is 69.4 Å². The molecule has 6 nitrogen and oxygen atoms in total. The van der Waals surface area contributed by atoms with Gasteiger partial charge in [0.15, 0.2) is 5.13 Å². The standard InChI is InChI=1S/C24H27N3O3S2/c1-17(2)27(16-18-8-4-3-5-9-18)32(29,30)20-14-12-19(13-15-20)23(28)26-24-25-21-10-6-7-11-22(21)31-24/h3-5,8-9,12-15,17H,6-7,10-11,16H2,1-2H3,(H,25,26,28). The Balaban J connectivity index is 1.50. The summed E-state index contributed by atoms with van der Waals surface area (Å²) in [5.74, 6) is -0.287. The highest BCUT2D eigenvalue weighted by Crippen LogP contribution is 2.30. The molecule has 1 heterocycles. The molecule has 1 N–H and O–H groups in total. The van der Waals surface area contributed by atoms with Gasteiger partial charge in [-0.25, -0.2) is 13.4 Å². The summed E-state index contributed by atoms with van der Waals surface area (Å²) in [6.07, 6.45) is 4.28. The minimum absolute atomic E-state index is 0.170. The highest BCUT2D eigenvalue weighted by Gasteiger charge is 2.27. The molecule has 0 aliphatic heterocycles. The maximum atomic E-state index is 13.3. The predicted molar refractivity (Wildman–Crippen MR) is 127 cm³/mol. The number of aryl methyl sites for hydroxylation is 2. The molecular weight excluding hydrogens is 442 g/mol. The van der Waals surface area contributed by atoms with Crippen molar-refractivity contribution in [3.63, 3.8) is 0 Å². The second-order valence-corrected chi connectivity index (χ2v) is 11.2. The van der Waals surface area contributed by atoms with Crippen LogP contribution < -0.4 is 5.32 Å². The number of aromatic nitrogens is 1. The second-order valence-electron chi connectivity index (χ2n) is 8.20. The van der Waals surface area contributed by atoms with Gasteiger partial charge in [-0.15, -0.1) is 11.3 Å². The van der Waals surface area contributed by atoms with Crippen LogP contribution in [0, 0.1) is 0 Å². The molecule has 0 radical (unpaired) electrons. The van der Waals surface area contributed by atoms with Gasteiger partial charge in [0, 0.05) is 23.0 Å². The molecule has 168 valence electrons. The van der Waals surface area contributed by atoms with Gasteiger partial charge in [0.1, 0.15) is 0 Å². The first-order chi connectivity index (χ1) is 15.3. The number of carbonyl (C=O) groups excluding carboxylic acids is 1. The fraction of sp³-hybridized carbons (Fsp3) is 0.333. The second kappa shape index (κ2) is 9.52. The average Bonchev–Trinajstić information content (AvgIpc) is 3.20. The van der Waals surface area contributed by atoms with Crippen LogP contribution in [0.5, 0.6) is 0 Å². The normalized spacial score (nSPS) is 13.9. The Morgan fingerprint density at radius 2 is 1.75 bits per heavy atom. The quantitative estimate of drug-likeness (QED) is 0.535. The van der Waals surface area contributed by atoms with Crippen LogP contribution in [-0.4, -0.2) is 29.7 Å². The molecule has 0 saturated heterocycles. The Labute approximate surface area is 193 Å². The zero-order valence-electron chi connectivity index (χ0n) is 18.2. The number of nitrogens with one attached hydrogen (secondary N) is 1. The molecule has 1 aliphatic carbocycles. The van der Waals surface area contributed by atoms with E-state index in [2.05, 4.69) is 10.3 Å². The van der Waals surface area contributed by atoms with Crippen LogP contribution in [-0.2, 0) is 29.4 Å².